The zero-order valence-corrected chi connectivity index (χ0v) is 15.2. The smallest absolute Gasteiger partial charge is 0.282 e. The Morgan fingerprint density at radius 1 is 0.889 bits per heavy atom. The molecular weight excluding hydrogens is 363 g/mol. The maximum absolute atomic E-state index is 14.3. The number of rotatable bonds is 4. The summed E-state index contributed by atoms with van der Waals surface area (Å²) >= 11 is 1.37. The van der Waals surface area contributed by atoms with E-state index < -0.39 is 17.6 Å². The van der Waals surface area contributed by atoms with E-state index in [0.717, 1.165) is 10.6 Å². The van der Waals surface area contributed by atoms with Gasteiger partial charge in [-0.1, -0.05) is 36.4 Å². The van der Waals surface area contributed by atoms with E-state index in [0.29, 0.717) is 4.88 Å². The summed E-state index contributed by atoms with van der Waals surface area (Å²) in [5, 5.41) is 1.84. The minimum atomic E-state index is -0.617. The summed E-state index contributed by atoms with van der Waals surface area (Å²) in [4.78, 5) is 29.7. The number of likely N-dealkylation sites (N-methyl/N-ethyl adjacent to an activating group) is 1. The molecule has 4 nitrogen and oxygen atoms in total. The number of para-hydroxylation sites is 2. The van der Waals surface area contributed by atoms with Crippen molar-refractivity contribution in [2.45, 2.75) is 0 Å². The van der Waals surface area contributed by atoms with Crippen molar-refractivity contribution in [3.05, 3.63) is 88.5 Å². The third kappa shape index (κ3) is 2.84. The van der Waals surface area contributed by atoms with Crippen molar-refractivity contribution in [1.29, 1.82) is 0 Å². The van der Waals surface area contributed by atoms with Crippen LogP contribution in [-0.4, -0.2) is 18.9 Å². The predicted molar refractivity (Wildman–Crippen MR) is 105 cm³/mol. The molecule has 2 heterocycles. The Kier molecular flexibility index (Phi) is 4.33. The van der Waals surface area contributed by atoms with Gasteiger partial charge < -0.3 is 4.90 Å². The average Bonchev–Trinajstić information content (AvgIpc) is 3.29. The second kappa shape index (κ2) is 6.81. The van der Waals surface area contributed by atoms with Crippen LogP contribution in [0.2, 0.25) is 0 Å². The van der Waals surface area contributed by atoms with Gasteiger partial charge in [0.15, 0.2) is 0 Å². The van der Waals surface area contributed by atoms with Gasteiger partial charge in [0.05, 0.1) is 11.3 Å². The zero-order chi connectivity index (χ0) is 19.0. The summed E-state index contributed by atoms with van der Waals surface area (Å²) < 4.78 is 14.3. The molecule has 0 N–H and O–H groups in total. The number of carbonyl (C=O) groups is 2. The molecular formula is C21H15FN2O2S. The third-order valence-corrected chi connectivity index (χ3v) is 5.29. The predicted octanol–water partition coefficient (Wildman–Crippen LogP) is 4.31. The largest absolute Gasteiger partial charge is 0.339 e. The van der Waals surface area contributed by atoms with Crippen molar-refractivity contribution < 1.29 is 14.0 Å². The summed E-state index contributed by atoms with van der Waals surface area (Å²) in [7, 11) is 1.73. The molecule has 0 radical (unpaired) electrons. The molecule has 0 saturated carbocycles. The van der Waals surface area contributed by atoms with E-state index in [9.17, 15) is 14.0 Å². The Labute approximate surface area is 159 Å². The molecule has 0 saturated heterocycles. The second-order valence-corrected chi connectivity index (χ2v) is 6.94. The van der Waals surface area contributed by atoms with Gasteiger partial charge in [0, 0.05) is 17.6 Å². The van der Waals surface area contributed by atoms with Gasteiger partial charge in [0.2, 0.25) is 0 Å². The fourth-order valence-corrected chi connectivity index (χ4v) is 3.87. The van der Waals surface area contributed by atoms with Crippen LogP contribution >= 0.6 is 11.3 Å². The highest BCUT2D eigenvalue weighted by Gasteiger charge is 2.43. The lowest BCUT2D eigenvalue weighted by atomic mass is 10.1. The Hall–Kier alpha value is -3.25. The SMILES string of the molecule is CN(C1=C(c2cccs2)C(=O)N(c2ccccc2F)C1=O)c1ccccc1. The van der Waals surface area contributed by atoms with Crippen LogP contribution in [0, 0.1) is 5.82 Å². The second-order valence-electron chi connectivity index (χ2n) is 5.99. The highest BCUT2D eigenvalue weighted by atomic mass is 32.1. The topological polar surface area (TPSA) is 40.6 Å². The lowest BCUT2D eigenvalue weighted by molar-refractivity contribution is -0.120. The first-order valence-electron chi connectivity index (χ1n) is 8.30. The molecule has 3 aromatic rings. The molecule has 0 spiro atoms. The summed E-state index contributed by atoms with van der Waals surface area (Å²) in [5.41, 5.74) is 1.23. The molecule has 0 atom stereocenters. The van der Waals surface area contributed by atoms with Crippen LogP contribution in [0.5, 0.6) is 0 Å². The molecule has 1 aliphatic heterocycles. The molecule has 0 aliphatic carbocycles. The molecule has 0 bridgehead atoms. The van der Waals surface area contributed by atoms with Gasteiger partial charge >= 0.3 is 0 Å². The molecule has 1 aromatic heterocycles. The van der Waals surface area contributed by atoms with Crippen molar-refractivity contribution in [3.8, 4) is 0 Å². The first-order valence-corrected chi connectivity index (χ1v) is 9.18. The van der Waals surface area contributed by atoms with Crippen molar-refractivity contribution in [2.75, 3.05) is 16.8 Å². The minimum absolute atomic E-state index is 0.0435. The normalized spacial score (nSPS) is 14.2. The highest BCUT2D eigenvalue weighted by Crippen LogP contribution is 2.38. The van der Waals surface area contributed by atoms with Crippen LogP contribution in [0.3, 0.4) is 0 Å². The fraction of sp³-hybridized carbons (Fsp3) is 0.0476. The van der Waals surface area contributed by atoms with E-state index in [1.54, 1.807) is 24.1 Å². The Morgan fingerprint density at radius 2 is 1.59 bits per heavy atom. The van der Waals surface area contributed by atoms with Crippen molar-refractivity contribution >= 4 is 40.1 Å². The summed E-state index contributed by atoms with van der Waals surface area (Å²) in [6.45, 7) is 0. The zero-order valence-electron chi connectivity index (χ0n) is 14.4. The maximum Gasteiger partial charge on any atom is 0.282 e. The van der Waals surface area contributed by atoms with E-state index in [1.165, 1.54) is 29.5 Å². The van der Waals surface area contributed by atoms with Gasteiger partial charge in [-0.2, -0.15) is 0 Å². The summed E-state index contributed by atoms with van der Waals surface area (Å²) in [6.07, 6.45) is 0. The van der Waals surface area contributed by atoms with E-state index in [4.69, 9.17) is 0 Å². The number of imide groups is 1. The van der Waals surface area contributed by atoms with Crippen LogP contribution in [0.25, 0.3) is 5.57 Å². The highest BCUT2D eigenvalue weighted by molar-refractivity contribution is 7.11. The molecule has 2 amide bonds. The van der Waals surface area contributed by atoms with E-state index in [1.807, 2.05) is 41.8 Å². The molecule has 6 heteroatoms. The molecule has 27 heavy (non-hydrogen) atoms. The van der Waals surface area contributed by atoms with Gasteiger partial charge in [-0.25, -0.2) is 9.29 Å². The van der Waals surface area contributed by atoms with Crippen LogP contribution in [0.4, 0.5) is 15.8 Å². The van der Waals surface area contributed by atoms with Gasteiger partial charge in [0.1, 0.15) is 11.5 Å². The molecule has 4 rings (SSSR count). The number of hydrogen-bond acceptors (Lipinski definition) is 4. The third-order valence-electron chi connectivity index (χ3n) is 4.40. The molecule has 1 aliphatic rings. The number of amides is 2. The Bertz CT molecular complexity index is 1050. The lowest BCUT2D eigenvalue weighted by Crippen LogP contribution is -2.34. The maximum atomic E-state index is 14.3. The van der Waals surface area contributed by atoms with Crippen molar-refractivity contribution in [3.63, 3.8) is 0 Å². The Balaban J connectivity index is 1.88. The first kappa shape index (κ1) is 17.2. The number of carbonyl (C=O) groups excluding carboxylic acids is 2. The van der Waals surface area contributed by atoms with Gasteiger partial charge in [0.25, 0.3) is 11.8 Å². The Morgan fingerprint density at radius 3 is 2.26 bits per heavy atom. The number of anilines is 2. The molecule has 0 fully saturated rings. The van der Waals surface area contributed by atoms with E-state index >= 15 is 0 Å². The number of thiophene rings is 1. The summed E-state index contributed by atoms with van der Waals surface area (Å²) in [5.74, 6) is -1.68. The lowest BCUT2D eigenvalue weighted by Gasteiger charge is -2.21. The van der Waals surface area contributed by atoms with Gasteiger partial charge in [-0.15, -0.1) is 11.3 Å². The van der Waals surface area contributed by atoms with Crippen LogP contribution in [0.1, 0.15) is 4.88 Å². The van der Waals surface area contributed by atoms with E-state index in [2.05, 4.69) is 0 Å². The van der Waals surface area contributed by atoms with Crippen molar-refractivity contribution in [1.82, 2.24) is 0 Å². The first-order chi connectivity index (χ1) is 13.1. The summed E-state index contributed by atoms with van der Waals surface area (Å²) in [6, 6.07) is 18.7. The van der Waals surface area contributed by atoms with Gasteiger partial charge in [-0.05, 0) is 35.7 Å². The number of hydrogen-bond donors (Lipinski definition) is 0. The standard InChI is InChI=1S/C21H15FN2O2S/c1-23(14-8-3-2-4-9-14)19-18(17-12-7-13-27-17)20(25)24(21(19)26)16-11-6-5-10-15(16)22/h2-13H,1H3. The minimum Gasteiger partial charge on any atom is -0.339 e. The van der Waals surface area contributed by atoms with Gasteiger partial charge in [-0.3, -0.25) is 9.59 Å². The number of nitrogens with zero attached hydrogens (tertiary/aromatic N) is 2. The quantitative estimate of drug-likeness (QED) is 0.635. The number of benzene rings is 2. The average molecular weight is 378 g/mol. The van der Waals surface area contributed by atoms with Crippen molar-refractivity contribution in [2.24, 2.45) is 0 Å². The fourth-order valence-electron chi connectivity index (χ4n) is 3.10. The molecule has 0 unspecified atom stereocenters. The number of halogens is 1. The molecule has 134 valence electrons. The molecule has 2 aromatic carbocycles. The van der Waals surface area contributed by atoms with E-state index in [-0.39, 0.29) is 17.0 Å². The monoisotopic (exact) mass is 378 g/mol. The van der Waals surface area contributed by atoms with Crippen LogP contribution in [-0.2, 0) is 9.59 Å². The van der Waals surface area contributed by atoms with Crippen LogP contribution in [0.15, 0.2) is 77.8 Å². The van der Waals surface area contributed by atoms with Crippen LogP contribution < -0.4 is 9.80 Å².